The van der Waals surface area contributed by atoms with Crippen LogP contribution in [-0.4, -0.2) is 65.0 Å². The number of piperidine rings is 1. The SMILES string of the molecule is O=C(c1ccc(CSc2nc(Cl)cc(N3CCC(Cc4ccccc4)CC3)n2)cc1)N1CCN(c2ccc([N+](=O)[O-])cc2)CC1. The molecule has 2 aliphatic rings. The fraction of sp³-hybridized carbons (Fsp3) is 0.324. The quantitative estimate of drug-likeness (QED) is 0.0650. The van der Waals surface area contributed by atoms with Crippen LogP contribution >= 0.6 is 23.4 Å². The summed E-state index contributed by atoms with van der Waals surface area (Å²) in [5, 5.41) is 12.0. The van der Waals surface area contributed by atoms with Crippen LogP contribution < -0.4 is 9.80 Å². The minimum atomic E-state index is -0.399. The molecule has 0 N–H and O–H groups in total. The van der Waals surface area contributed by atoms with Crippen LogP contribution in [0.4, 0.5) is 17.2 Å². The number of hydrogen-bond acceptors (Lipinski definition) is 8. The van der Waals surface area contributed by atoms with E-state index in [0.29, 0.717) is 53.7 Å². The Hall–Kier alpha value is -4.15. The molecule has 232 valence electrons. The summed E-state index contributed by atoms with van der Waals surface area (Å²) in [4.78, 5) is 39.3. The van der Waals surface area contributed by atoms with Gasteiger partial charge in [0.2, 0.25) is 0 Å². The topological polar surface area (TPSA) is 95.7 Å². The van der Waals surface area contributed by atoms with Crippen molar-refractivity contribution in [2.45, 2.75) is 30.2 Å². The molecule has 0 bridgehead atoms. The molecule has 1 amide bonds. The molecule has 2 aliphatic heterocycles. The molecule has 11 heteroatoms. The summed E-state index contributed by atoms with van der Waals surface area (Å²) < 4.78 is 0. The smallest absolute Gasteiger partial charge is 0.269 e. The number of nitro benzene ring substituents is 1. The number of piperazine rings is 1. The van der Waals surface area contributed by atoms with E-state index in [1.807, 2.05) is 35.2 Å². The lowest BCUT2D eigenvalue weighted by molar-refractivity contribution is -0.384. The van der Waals surface area contributed by atoms with Gasteiger partial charge in [-0.3, -0.25) is 14.9 Å². The van der Waals surface area contributed by atoms with Gasteiger partial charge in [-0.15, -0.1) is 0 Å². The van der Waals surface area contributed by atoms with Crippen molar-refractivity contribution >= 4 is 46.5 Å². The number of non-ortho nitro benzene ring substituents is 1. The van der Waals surface area contributed by atoms with E-state index in [2.05, 4.69) is 45.1 Å². The highest BCUT2D eigenvalue weighted by atomic mass is 35.5. The van der Waals surface area contributed by atoms with Crippen molar-refractivity contribution in [2.24, 2.45) is 5.92 Å². The highest BCUT2D eigenvalue weighted by Gasteiger charge is 2.24. The Morgan fingerprint density at radius 2 is 1.53 bits per heavy atom. The second-order valence-electron chi connectivity index (χ2n) is 11.5. The van der Waals surface area contributed by atoms with E-state index in [0.717, 1.165) is 49.4 Å². The lowest BCUT2D eigenvalue weighted by atomic mass is 9.90. The summed E-state index contributed by atoms with van der Waals surface area (Å²) in [5.41, 5.74) is 4.13. The van der Waals surface area contributed by atoms with Crippen molar-refractivity contribution in [2.75, 3.05) is 49.1 Å². The van der Waals surface area contributed by atoms with Crippen LogP contribution in [0.15, 0.2) is 90.1 Å². The van der Waals surface area contributed by atoms with Crippen LogP contribution in [0, 0.1) is 16.0 Å². The number of aromatic nitrogens is 2. The first-order valence-electron chi connectivity index (χ1n) is 15.2. The average Bonchev–Trinajstić information content (AvgIpc) is 3.08. The first kappa shape index (κ1) is 30.9. The summed E-state index contributed by atoms with van der Waals surface area (Å²) in [7, 11) is 0. The second-order valence-corrected chi connectivity index (χ2v) is 12.8. The summed E-state index contributed by atoms with van der Waals surface area (Å²) in [6.45, 7) is 4.43. The highest BCUT2D eigenvalue weighted by Crippen LogP contribution is 2.29. The Bertz CT molecular complexity index is 1610. The maximum absolute atomic E-state index is 13.2. The number of carbonyl (C=O) groups is 1. The van der Waals surface area contributed by atoms with E-state index in [-0.39, 0.29) is 11.6 Å². The van der Waals surface area contributed by atoms with Gasteiger partial charge in [-0.2, -0.15) is 0 Å². The lowest BCUT2D eigenvalue weighted by Gasteiger charge is -2.36. The molecule has 6 rings (SSSR count). The molecule has 4 aromatic rings. The van der Waals surface area contributed by atoms with E-state index in [1.54, 1.807) is 12.1 Å². The monoisotopic (exact) mass is 642 g/mol. The molecule has 0 unspecified atom stereocenters. The molecule has 0 atom stereocenters. The largest absolute Gasteiger partial charge is 0.368 e. The average molecular weight is 643 g/mol. The number of carbonyl (C=O) groups excluding carboxylic acids is 1. The van der Waals surface area contributed by atoms with Crippen LogP contribution in [-0.2, 0) is 12.2 Å². The molecule has 45 heavy (non-hydrogen) atoms. The lowest BCUT2D eigenvalue weighted by Crippen LogP contribution is -2.48. The Labute approximate surface area is 272 Å². The van der Waals surface area contributed by atoms with Crippen LogP contribution in [0.2, 0.25) is 5.15 Å². The normalized spacial score (nSPS) is 15.7. The van der Waals surface area contributed by atoms with Crippen molar-refractivity contribution < 1.29 is 9.72 Å². The van der Waals surface area contributed by atoms with Gasteiger partial charge in [-0.25, -0.2) is 9.97 Å². The van der Waals surface area contributed by atoms with Gasteiger partial charge in [0.05, 0.1) is 4.92 Å². The molecule has 0 saturated carbocycles. The number of nitro groups is 1. The summed E-state index contributed by atoms with van der Waals surface area (Å²) >= 11 is 7.96. The van der Waals surface area contributed by atoms with Crippen molar-refractivity contribution in [3.8, 4) is 0 Å². The standard InChI is InChI=1S/C34H35ClN6O3S/c35-31-23-32(39-16-14-26(15-17-39)22-25-4-2-1-3-5-25)37-34(36-31)45-24-27-6-8-28(9-7-27)33(42)40-20-18-38(19-21-40)29-10-12-30(13-11-29)41(43)44/h1-13,23,26H,14-22,24H2. The summed E-state index contributed by atoms with van der Waals surface area (Å²) in [6.07, 6.45) is 3.37. The molecule has 9 nitrogen and oxygen atoms in total. The van der Waals surface area contributed by atoms with E-state index < -0.39 is 4.92 Å². The number of nitrogens with zero attached hydrogens (tertiary/aromatic N) is 6. The van der Waals surface area contributed by atoms with E-state index in [9.17, 15) is 14.9 Å². The van der Waals surface area contributed by atoms with Gasteiger partial charge in [0, 0.05) is 74.5 Å². The predicted octanol–water partition coefficient (Wildman–Crippen LogP) is 6.75. The number of halogens is 1. The Morgan fingerprint density at radius 3 is 2.20 bits per heavy atom. The number of benzene rings is 3. The molecular formula is C34H35ClN6O3S. The molecular weight excluding hydrogens is 608 g/mol. The Morgan fingerprint density at radius 1 is 0.844 bits per heavy atom. The summed E-state index contributed by atoms with van der Waals surface area (Å²) in [5.74, 6) is 2.23. The Balaban J connectivity index is 0.985. The van der Waals surface area contributed by atoms with Crippen LogP contribution in [0.1, 0.15) is 34.3 Å². The van der Waals surface area contributed by atoms with Gasteiger partial charge in [-0.05, 0) is 60.6 Å². The van der Waals surface area contributed by atoms with E-state index in [4.69, 9.17) is 16.6 Å². The molecule has 0 spiro atoms. The zero-order chi connectivity index (χ0) is 31.2. The first-order valence-corrected chi connectivity index (χ1v) is 16.6. The van der Waals surface area contributed by atoms with E-state index in [1.165, 1.54) is 29.5 Å². The third-order valence-electron chi connectivity index (χ3n) is 8.53. The van der Waals surface area contributed by atoms with Crippen LogP contribution in [0.3, 0.4) is 0 Å². The van der Waals surface area contributed by atoms with Crippen LogP contribution in [0.5, 0.6) is 0 Å². The number of anilines is 2. The summed E-state index contributed by atoms with van der Waals surface area (Å²) in [6, 6.07) is 26.8. The highest BCUT2D eigenvalue weighted by molar-refractivity contribution is 7.98. The first-order chi connectivity index (χ1) is 21.9. The van der Waals surface area contributed by atoms with Crippen molar-refractivity contribution in [3.05, 3.63) is 117 Å². The maximum atomic E-state index is 13.2. The molecule has 3 heterocycles. The fourth-order valence-electron chi connectivity index (χ4n) is 5.95. The Kier molecular flexibility index (Phi) is 9.81. The van der Waals surface area contributed by atoms with Gasteiger partial charge < -0.3 is 14.7 Å². The van der Waals surface area contributed by atoms with Crippen molar-refractivity contribution in [1.82, 2.24) is 14.9 Å². The minimum absolute atomic E-state index is 0.00732. The number of amides is 1. The number of rotatable bonds is 9. The second kappa shape index (κ2) is 14.3. The third kappa shape index (κ3) is 7.93. The minimum Gasteiger partial charge on any atom is -0.368 e. The third-order valence-corrected chi connectivity index (χ3v) is 9.64. The van der Waals surface area contributed by atoms with Gasteiger partial charge in [0.1, 0.15) is 11.0 Å². The number of hydrogen-bond donors (Lipinski definition) is 0. The zero-order valence-corrected chi connectivity index (χ0v) is 26.5. The predicted molar refractivity (Wildman–Crippen MR) is 179 cm³/mol. The van der Waals surface area contributed by atoms with Gasteiger partial charge in [0.25, 0.3) is 11.6 Å². The molecule has 1 aromatic heterocycles. The zero-order valence-electron chi connectivity index (χ0n) is 24.9. The molecule has 0 aliphatic carbocycles. The van der Waals surface area contributed by atoms with Crippen LogP contribution in [0.25, 0.3) is 0 Å². The van der Waals surface area contributed by atoms with Crippen molar-refractivity contribution in [1.29, 1.82) is 0 Å². The molecule has 2 fully saturated rings. The molecule has 3 aromatic carbocycles. The van der Waals surface area contributed by atoms with Gasteiger partial charge in [-0.1, -0.05) is 65.8 Å². The maximum Gasteiger partial charge on any atom is 0.269 e. The number of thioether (sulfide) groups is 1. The molecule has 2 saturated heterocycles. The fourth-order valence-corrected chi connectivity index (χ4v) is 6.99. The van der Waals surface area contributed by atoms with Gasteiger partial charge >= 0.3 is 0 Å². The van der Waals surface area contributed by atoms with E-state index >= 15 is 0 Å². The molecule has 0 radical (unpaired) electrons. The van der Waals surface area contributed by atoms with Crippen molar-refractivity contribution in [3.63, 3.8) is 0 Å². The van der Waals surface area contributed by atoms with Gasteiger partial charge in [0.15, 0.2) is 5.16 Å².